The molecule has 0 spiro atoms. The van der Waals surface area contributed by atoms with E-state index in [1.165, 1.54) is 0 Å². The average Bonchev–Trinajstić information content (AvgIpc) is 2.85. The molecule has 3 aromatic rings. The normalized spacial score (nSPS) is 11.7. The van der Waals surface area contributed by atoms with Gasteiger partial charge < -0.3 is 0 Å². The molecule has 0 aliphatic carbocycles. The lowest BCUT2D eigenvalue weighted by Crippen LogP contribution is -2.15. The van der Waals surface area contributed by atoms with Gasteiger partial charge in [-0.3, -0.25) is 4.79 Å². The maximum absolute atomic E-state index is 12.9. The number of aromatic nitrogens is 1. The van der Waals surface area contributed by atoms with Crippen molar-refractivity contribution in [3.63, 3.8) is 0 Å². The number of halogens is 1. The van der Waals surface area contributed by atoms with E-state index < -0.39 is 10.0 Å². The molecule has 22 heavy (non-hydrogen) atoms. The third-order valence-corrected chi connectivity index (χ3v) is 5.68. The lowest BCUT2D eigenvalue weighted by molar-refractivity contribution is 0.111. The zero-order valence-electron chi connectivity index (χ0n) is 11.7. The molecule has 1 heterocycles. The predicted octanol–water partition coefficient (Wildman–Crippen LogP) is 3.76. The summed E-state index contributed by atoms with van der Waals surface area (Å²) in [5.74, 6) is 0. The Morgan fingerprint density at radius 2 is 1.73 bits per heavy atom. The van der Waals surface area contributed by atoms with Gasteiger partial charge in [-0.05, 0) is 43.3 Å². The van der Waals surface area contributed by atoms with Crippen LogP contribution < -0.4 is 0 Å². The van der Waals surface area contributed by atoms with Crippen LogP contribution in [0.3, 0.4) is 0 Å². The van der Waals surface area contributed by atoms with Crippen LogP contribution >= 0.6 is 15.9 Å². The molecule has 2 aromatic carbocycles. The second-order valence-corrected chi connectivity index (χ2v) is 7.68. The molecule has 1 aromatic heterocycles. The molecule has 0 atom stereocenters. The van der Waals surface area contributed by atoms with Gasteiger partial charge in [0.25, 0.3) is 10.0 Å². The monoisotopic (exact) mass is 377 g/mol. The second-order valence-electron chi connectivity index (χ2n) is 4.97. The van der Waals surface area contributed by atoms with Crippen molar-refractivity contribution in [2.45, 2.75) is 11.8 Å². The molecule has 0 aliphatic heterocycles. The molecule has 0 bridgehead atoms. The first-order valence-electron chi connectivity index (χ1n) is 6.52. The van der Waals surface area contributed by atoms with Crippen LogP contribution in [0.2, 0.25) is 0 Å². The van der Waals surface area contributed by atoms with E-state index in [0.29, 0.717) is 17.2 Å². The van der Waals surface area contributed by atoms with Gasteiger partial charge in [-0.15, -0.1) is 0 Å². The quantitative estimate of drug-likeness (QED) is 0.652. The first kappa shape index (κ1) is 15.0. The van der Waals surface area contributed by atoms with Gasteiger partial charge in [-0.25, -0.2) is 12.4 Å². The molecule has 6 heteroatoms. The van der Waals surface area contributed by atoms with Crippen LogP contribution in [-0.4, -0.2) is 18.7 Å². The molecule has 0 radical (unpaired) electrons. The molecular weight excluding hydrogens is 366 g/mol. The van der Waals surface area contributed by atoms with Crippen molar-refractivity contribution in [1.29, 1.82) is 0 Å². The summed E-state index contributed by atoms with van der Waals surface area (Å²) in [6.45, 7) is 1.88. The Kier molecular flexibility index (Phi) is 3.66. The zero-order chi connectivity index (χ0) is 15.9. The van der Waals surface area contributed by atoms with Crippen LogP contribution in [0.25, 0.3) is 10.9 Å². The van der Waals surface area contributed by atoms with E-state index in [4.69, 9.17) is 0 Å². The minimum absolute atomic E-state index is 0.105. The summed E-state index contributed by atoms with van der Waals surface area (Å²) in [5, 5.41) is 0.687. The van der Waals surface area contributed by atoms with Crippen LogP contribution in [0.15, 0.2) is 57.9 Å². The SMILES string of the molecule is Cc1ccc(S(=O)(=O)n2c(C=O)cc3cc(Br)ccc32)cc1. The number of hydrogen-bond acceptors (Lipinski definition) is 3. The van der Waals surface area contributed by atoms with Gasteiger partial charge in [0, 0.05) is 9.86 Å². The highest BCUT2D eigenvalue weighted by Gasteiger charge is 2.22. The minimum Gasteiger partial charge on any atom is -0.296 e. The Bertz CT molecular complexity index is 973. The number of fused-ring (bicyclic) bond motifs is 1. The van der Waals surface area contributed by atoms with E-state index in [0.717, 1.165) is 14.0 Å². The second kappa shape index (κ2) is 5.37. The highest BCUT2D eigenvalue weighted by atomic mass is 79.9. The first-order chi connectivity index (χ1) is 10.4. The lowest BCUT2D eigenvalue weighted by atomic mass is 10.2. The lowest BCUT2D eigenvalue weighted by Gasteiger charge is -2.09. The largest absolute Gasteiger partial charge is 0.296 e. The van der Waals surface area contributed by atoms with Gasteiger partial charge >= 0.3 is 0 Å². The zero-order valence-corrected chi connectivity index (χ0v) is 14.1. The van der Waals surface area contributed by atoms with E-state index in [1.807, 2.05) is 6.92 Å². The van der Waals surface area contributed by atoms with Crippen molar-refractivity contribution >= 4 is 43.1 Å². The van der Waals surface area contributed by atoms with E-state index in [-0.39, 0.29) is 10.6 Å². The smallest absolute Gasteiger partial charge is 0.268 e. The molecule has 4 nitrogen and oxygen atoms in total. The number of nitrogens with zero attached hydrogens (tertiary/aromatic N) is 1. The fraction of sp³-hybridized carbons (Fsp3) is 0.0625. The fourth-order valence-electron chi connectivity index (χ4n) is 2.35. The van der Waals surface area contributed by atoms with E-state index in [9.17, 15) is 13.2 Å². The van der Waals surface area contributed by atoms with Gasteiger partial charge in [0.15, 0.2) is 6.29 Å². The number of hydrogen-bond donors (Lipinski definition) is 0. The van der Waals surface area contributed by atoms with Crippen molar-refractivity contribution in [2.75, 3.05) is 0 Å². The van der Waals surface area contributed by atoms with E-state index >= 15 is 0 Å². The number of carbonyl (C=O) groups excluding carboxylic acids is 1. The molecule has 0 amide bonds. The van der Waals surface area contributed by atoms with Crippen LogP contribution in [0.5, 0.6) is 0 Å². The Hall–Kier alpha value is -1.92. The van der Waals surface area contributed by atoms with E-state index in [2.05, 4.69) is 15.9 Å². The Morgan fingerprint density at radius 3 is 2.36 bits per heavy atom. The van der Waals surface area contributed by atoms with Gasteiger partial charge in [0.05, 0.1) is 16.1 Å². The molecule has 0 saturated heterocycles. The van der Waals surface area contributed by atoms with E-state index in [1.54, 1.807) is 48.5 Å². The summed E-state index contributed by atoms with van der Waals surface area (Å²) < 4.78 is 27.7. The molecule has 0 aliphatic rings. The molecule has 112 valence electrons. The Labute approximate surface area is 136 Å². The van der Waals surface area contributed by atoms with Gasteiger partial charge in [0.2, 0.25) is 0 Å². The van der Waals surface area contributed by atoms with Gasteiger partial charge in [-0.1, -0.05) is 33.6 Å². The summed E-state index contributed by atoms with van der Waals surface area (Å²) >= 11 is 3.34. The summed E-state index contributed by atoms with van der Waals surface area (Å²) in [6, 6.07) is 13.3. The predicted molar refractivity (Wildman–Crippen MR) is 88.8 cm³/mol. The number of rotatable bonds is 3. The topological polar surface area (TPSA) is 56.1 Å². The highest BCUT2D eigenvalue weighted by molar-refractivity contribution is 9.10. The number of aldehydes is 1. The van der Waals surface area contributed by atoms with Crippen LogP contribution in [0.4, 0.5) is 0 Å². The van der Waals surface area contributed by atoms with Crippen molar-refractivity contribution < 1.29 is 13.2 Å². The minimum atomic E-state index is -3.82. The van der Waals surface area contributed by atoms with Gasteiger partial charge in [-0.2, -0.15) is 0 Å². The van der Waals surface area contributed by atoms with Crippen LogP contribution in [0.1, 0.15) is 16.1 Å². The average molecular weight is 378 g/mol. The third kappa shape index (κ3) is 2.38. The maximum atomic E-state index is 12.9. The maximum Gasteiger partial charge on any atom is 0.268 e. The number of benzene rings is 2. The summed E-state index contributed by atoms with van der Waals surface area (Å²) in [6.07, 6.45) is 0.555. The molecule has 0 fully saturated rings. The Morgan fingerprint density at radius 1 is 1.05 bits per heavy atom. The van der Waals surface area contributed by atoms with Crippen LogP contribution in [0, 0.1) is 6.92 Å². The number of aryl methyl sites for hydroxylation is 1. The van der Waals surface area contributed by atoms with Gasteiger partial charge in [0.1, 0.15) is 0 Å². The molecule has 0 unspecified atom stereocenters. The standard InChI is InChI=1S/C16H12BrNO3S/c1-11-2-5-15(6-3-11)22(20,21)18-14(10-19)9-12-8-13(17)4-7-16(12)18/h2-10H,1H3. The van der Waals surface area contributed by atoms with Crippen molar-refractivity contribution in [3.8, 4) is 0 Å². The molecule has 0 N–H and O–H groups in total. The summed E-state index contributed by atoms with van der Waals surface area (Å²) in [7, 11) is -3.82. The molecule has 3 rings (SSSR count). The highest BCUT2D eigenvalue weighted by Crippen LogP contribution is 2.27. The Balaban J connectivity index is 2.32. The fourth-order valence-corrected chi connectivity index (χ4v) is 4.22. The van der Waals surface area contributed by atoms with Crippen molar-refractivity contribution in [1.82, 2.24) is 3.97 Å². The molecule has 0 saturated carbocycles. The molecular formula is C16H12BrNO3S. The summed E-state index contributed by atoms with van der Waals surface area (Å²) in [5.41, 5.74) is 1.55. The van der Waals surface area contributed by atoms with Crippen LogP contribution in [-0.2, 0) is 10.0 Å². The first-order valence-corrected chi connectivity index (χ1v) is 8.75. The third-order valence-electron chi connectivity index (χ3n) is 3.43. The van der Waals surface area contributed by atoms with Crippen molar-refractivity contribution in [3.05, 3.63) is 64.3 Å². The number of carbonyl (C=O) groups is 1. The summed E-state index contributed by atoms with van der Waals surface area (Å²) in [4.78, 5) is 11.5. The van der Waals surface area contributed by atoms with Crippen molar-refractivity contribution in [2.24, 2.45) is 0 Å².